The Hall–Kier alpha value is -3.43. The van der Waals surface area contributed by atoms with E-state index in [9.17, 15) is 18.0 Å². The zero-order chi connectivity index (χ0) is 25.0. The number of ether oxygens (including phenoxy) is 1. The van der Waals surface area contributed by atoms with Gasteiger partial charge in [0.15, 0.2) is 0 Å². The van der Waals surface area contributed by atoms with Crippen molar-refractivity contribution in [3.63, 3.8) is 0 Å². The molecular formula is C25H28N2O6S. The molecular weight excluding hydrogens is 456 g/mol. The van der Waals surface area contributed by atoms with Gasteiger partial charge in [0.1, 0.15) is 17.9 Å². The summed E-state index contributed by atoms with van der Waals surface area (Å²) in [6.07, 6.45) is 0.350. The molecule has 8 nitrogen and oxygen atoms in total. The van der Waals surface area contributed by atoms with E-state index < -0.39 is 15.6 Å². The van der Waals surface area contributed by atoms with Crippen molar-refractivity contribution in [2.24, 2.45) is 5.14 Å². The molecule has 3 rings (SSSR count). The lowest BCUT2D eigenvalue weighted by molar-refractivity contribution is -0.120. The molecule has 3 N–H and O–H groups in total. The van der Waals surface area contributed by atoms with Crippen LogP contribution >= 0.6 is 0 Å². The van der Waals surface area contributed by atoms with Crippen LogP contribution in [0.25, 0.3) is 11.0 Å². The highest BCUT2D eigenvalue weighted by molar-refractivity contribution is 7.89. The molecule has 0 aliphatic heterocycles. The molecule has 180 valence electrons. The van der Waals surface area contributed by atoms with Gasteiger partial charge in [-0.05, 0) is 73.7 Å². The third-order valence-corrected chi connectivity index (χ3v) is 6.22. The smallest absolute Gasteiger partial charge is 0.340 e. The monoisotopic (exact) mass is 484 g/mol. The van der Waals surface area contributed by atoms with Crippen LogP contribution in [0.3, 0.4) is 0 Å². The van der Waals surface area contributed by atoms with Crippen molar-refractivity contribution >= 4 is 26.9 Å². The molecule has 0 unspecified atom stereocenters. The molecule has 0 saturated heterocycles. The van der Waals surface area contributed by atoms with E-state index in [4.69, 9.17) is 14.3 Å². The van der Waals surface area contributed by atoms with Gasteiger partial charge >= 0.3 is 5.63 Å². The molecule has 34 heavy (non-hydrogen) atoms. The lowest BCUT2D eigenvalue weighted by Gasteiger charge is -2.14. The van der Waals surface area contributed by atoms with Crippen molar-refractivity contribution in [3.8, 4) is 5.75 Å². The summed E-state index contributed by atoms with van der Waals surface area (Å²) in [6.45, 7) is 10.0. The summed E-state index contributed by atoms with van der Waals surface area (Å²) in [5, 5.41) is 8.54. The van der Waals surface area contributed by atoms with Gasteiger partial charge in [-0.1, -0.05) is 18.7 Å². The van der Waals surface area contributed by atoms with Crippen molar-refractivity contribution in [1.82, 2.24) is 5.32 Å². The van der Waals surface area contributed by atoms with Crippen LogP contribution in [0.1, 0.15) is 29.2 Å². The topological polar surface area (TPSA) is 129 Å². The number of hydrogen-bond acceptors (Lipinski definition) is 6. The van der Waals surface area contributed by atoms with Crippen LogP contribution in [0.5, 0.6) is 5.75 Å². The number of rotatable bonds is 9. The second-order valence-electron chi connectivity index (χ2n) is 8.34. The van der Waals surface area contributed by atoms with E-state index in [2.05, 4.69) is 11.9 Å². The molecule has 1 amide bonds. The number of fused-ring (bicyclic) bond motifs is 1. The fraction of sp³-hybridized carbons (Fsp3) is 0.280. The van der Waals surface area contributed by atoms with E-state index in [1.165, 1.54) is 12.1 Å². The van der Waals surface area contributed by atoms with Crippen LogP contribution in [-0.2, 0) is 27.7 Å². The number of primary sulfonamides is 1. The van der Waals surface area contributed by atoms with Crippen LogP contribution in [-0.4, -0.2) is 27.5 Å². The van der Waals surface area contributed by atoms with E-state index >= 15 is 0 Å². The lowest BCUT2D eigenvalue weighted by Crippen LogP contribution is -2.29. The van der Waals surface area contributed by atoms with Crippen molar-refractivity contribution in [3.05, 3.63) is 81.2 Å². The maximum absolute atomic E-state index is 12.6. The number of sulfonamides is 1. The number of amides is 1. The van der Waals surface area contributed by atoms with Gasteiger partial charge in [-0.25, -0.2) is 18.4 Å². The highest BCUT2D eigenvalue weighted by Gasteiger charge is 2.18. The van der Waals surface area contributed by atoms with Crippen LogP contribution in [0, 0.1) is 13.8 Å². The molecule has 0 fully saturated rings. The molecule has 0 saturated carbocycles. The number of benzene rings is 2. The minimum atomic E-state index is -3.75. The summed E-state index contributed by atoms with van der Waals surface area (Å²) in [6, 6.07) is 9.76. The molecule has 0 atom stereocenters. The maximum Gasteiger partial charge on any atom is 0.340 e. The average molecular weight is 485 g/mol. The first-order valence-corrected chi connectivity index (χ1v) is 12.2. The molecule has 0 aliphatic rings. The standard InChI is InChI=1S/C25H28N2O6S/c1-15(2)14-32-21-11-16(3)12-22-24(21)17(4)20(25(29)33-22)13-23(28)27-10-9-18-5-7-19(8-6-18)34(26,30)31/h5-8,11-12H,1,9-10,13-14H2,2-4H3,(H,27,28)(H2,26,30,31). The third-order valence-electron chi connectivity index (χ3n) is 5.29. The Labute approximate surface area is 198 Å². The van der Waals surface area contributed by atoms with Crippen LogP contribution < -0.4 is 20.8 Å². The highest BCUT2D eigenvalue weighted by Crippen LogP contribution is 2.31. The van der Waals surface area contributed by atoms with E-state index in [-0.39, 0.29) is 22.8 Å². The molecule has 0 aliphatic carbocycles. The minimum Gasteiger partial charge on any atom is -0.488 e. The summed E-state index contributed by atoms with van der Waals surface area (Å²) < 4.78 is 34.1. The van der Waals surface area contributed by atoms with Gasteiger partial charge in [-0.3, -0.25) is 4.79 Å². The third kappa shape index (κ3) is 6.12. The van der Waals surface area contributed by atoms with E-state index in [0.29, 0.717) is 41.9 Å². The number of carbonyl (C=O) groups excluding carboxylic acids is 1. The summed E-state index contributed by atoms with van der Waals surface area (Å²) in [4.78, 5) is 25.2. The predicted octanol–water partition coefficient (Wildman–Crippen LogP) is 2.91. The molecule has 2 aromatic carbocycles. The normalized spacial score (nSPS) is 11.4. The minimum absolute atomic E-state index is 0.0283. The zero-order valence-corrected chi connectivity index (χ0v) is 20.3. The van der Waals surface area contributed by atoms with Gasteiger partial charge in [-0.2, -0.15) is 0 Å². The Bertz CT molecular complexity index is 1410. The zero-order valence-electron chi connectivity index (χ0n) is 19.4. The largest absolute Gasteiger partial charge is 0.488 e. The van der Waals surface area contributed by atoms with Gasteiger partial charge in [0.25, 0.3) is 0 Å². The number of hydrogen-bond donors (Lipinski definition) is 2. The molecule has 0 spiro atoms. The molecule has 0 bridgehead atoms. The second kappa shape index (κ2) is 10.2. The van der Waals surface area contributed by atoms with Gasteiger partial charge in [0.05, 0.1) is 22.3 Å². The summed E-state index contributed by atoms with van der Waals surface area (Å²) in [5.74, 6) is 0.247. The summed E-state index contributed by atoms with van der Waals surface area (Å²) in [7, 11) is -3.75. The van der Waals surface area contributed by atoms with E-state index in [1.54, 1.807) is 25.1 Å². The lowest BCUT2D eigenvalue weighted by atomic mass is 10.0. The quantitative estimate of drug-likeness (QED) is 0.355. The van der Waals surface area contributed by atoms with Crippen LogP contribution in [0.4, 0.5) is 0 Å². The Kier molecular flexibility index (Phi) is 7.58. The molecule has 0 radical (unpaired) electrons. The fourth-order valence-electron chi connectivity index (χ4n) is 3.57. The predicted molar refractivity (Wildman–Crippen MR) is 130 cm³/mol. The van der Waals surface area contributed by atoms with Gasteiger partial charge in [0.2, 0.25) is 15.9 Å². The Balaban J connectivity index is 1.74. The first-order valence-electron chi connectivity index (χ1n) is 10.7. The van der Waals surface area contributed by atoms with E-state index in [1.807, 2.05) is 19.9 Å². The summed E-state index contributed by atoms with van der Waals surface area (Å²) >= 11 is 0. The molecule has 1 heterocycles. The van der Waals surface area contributed by atoms with Gasteiger partial charge < -0.3 is 14.5 Å². The fourth-order valence-corrected chi connectivity index (χ4v) is 4.09. The summed E-state index contributed by atoms with van der Waals surface area (Å²) in [5.41, 5.74) is 3.33. The Morgan fingerprint density at radius 3 is 2.47 bits per heavy atom. The van der Waals surface area contributed by atoms with Gasteiger partial charge in [-0.15, -0.1) is 0 Å². The number of nitrogens with one attached hydrogen (secondary N) is 1. The Morgan fingerprint density at radius 2 is 1.85 bits per heavy atom. The van der Waals surface area contributed by atoms with Crippen molar-refractivity contribution in [1.29, 1.82) is 0 Å². The Morgan fingerprint density at radius 1 is 1.18 bits per heavy atom. The highest BCUT2D eigenvalue weighted by atomic mass is 32.2. The second-order valence-corrected chi connectivity index (χ2v) is 9.90. The first-order chi connectivity index (χ1) is 16.0. The first kappa shape index (κ1) is 25.2. The van der Waals surface area contributed by atoms with Gasteiger partial charge in [0, 0.05) is 6.54 Å². The number of nitrogens with two attached hydrogens (primary N) is 1. The molecule has 9 heteroatoms. The van der Waals surface area contributed by atoms with E-state index in [0.717, 1.165) is 16.7 Å². The van der Waals surface area contributed by atoms with Crippen molar-refractivity contribution in [2.45, 2.75) is 38.5 Å². The number of carbonyl (C=O) groups is 1. The molecule has 1 aromatic heterocycles. The van der Waals surface area contributed by atoms with Crippen molar-refractivity contribution in [2.75, 3.05) is 13.2 Å². The number of aryl methyl sites for hydroxylation is 2. The molecule has 3 aromatic rings. The van der Waals surface area contributed by atoms with Crippen molar-refractivity contribution < 1.29 is 22.4 Å². The van der Waals surface area contributed by atoms with Crippen LogP contribution in [0.2, 0.25) is 0 Å². The maximum atomic E-state index is 12.6. The average Bonchev–Trinajstić information content (AvgIpc) is 2.74. The van der Waals surface area contributed by atoms with Crippen LogP contribution in [0.15, 0.2) is 62.7 Å². The SMILES string of the molecule is C=C(C)COc1cc(C)cc2oc(=O)c(CC(=O)NCCc3ccc(S(N)(=O)=O)cc3)c(C)c12.